The van der Waals surface area contributed by atoms with Crippen molar-refractivity contribution in [3.63, 3.8) is 0 Å². The molecule has 0 aliphatic carbocycles. The Morgan fingerprint density at radius 1 is 1.14 bits per heavy atom. The van der Waals surface area contributed by atoms with Crippen LogP contribution < -0.4 is 14.2 Å². The highest BCUT2D eigenvalue weighted by Crippen LogP contribution is 2.38. The lowest BCUT2D eigenvalue weighted by Gasteiger charge is -2.14. The summed E-state index contributed by atoms with van der Waals surface area (Å²) in [6, 6.07) is 7.40. The summed E-state index contributed by atoms with van der Waals surface area (Å²) in [5, 5.41) is 9.89. The largest absolute Gasteiger partial charge is 0.493 e. The first-order valence-electron chi connectivity index (χ1n) is 8.91. The van der Waals surface area contributed by atoms with Crippen LogP contribution in [0.4, 0.5) is 0 Å². The molecule has 1 aromatic carbocycles. The van der Waals surface area contributed by atoms with Crippen LogP contribution in [-0.4, -0.2) is 37.5 Å². The Kier molecular flexibility index (Phi) is 6.71. The van der Waals surface area contributed by atoms with E-state index in [0.717, 1.165) is 10.4 Å². The number of hydrogen-bond acceptors (Lipinski definition) is 9. The molecule has 3 aromatic rings. The number of nitrogens with zero attached hydrogens (tertiary/aromatic N) is 2. The molecule has 0 amide bonds. The lowest BCUT2D eigenvalue weighted by Crippen LogP contribution is -2.10. The van der Waals surface area contributed by atoms with Gasteiger partial charge in [0, 0.05) is 6.42 Å². The Balaban J connectivity index is 1.60. The smallest absolute Gasteiger partial charge is 0.306 e. The molecule has 3 rings (SSSR count). The van der Waals surface area contributed by atoms with Gasteiger partial charge in [0.2, 0.25) is 5.75 Å². The number of ether oxygens (including phenoxy) is 4. The van der Waals surface area contributed by atoms with E-state index >= 15 is 0 Å². The molecule has 8 nitrogen and oxygen atoms in total. The third kappa shape index (κ3) is 4.86. The zero-order valence-corrected chi connectivity index (χ0v) is 17.4. The van der Waals surface area contributed by atoms with Gasteiger partial charge in [-0.15, -0.1) is 21.5 Å². The molecular weight excluding hydrogens is 396 g/mol. The van der Waals surface area contributed by atoms with Gasteiger partial charge in [-0.05, 0) is 42.5 Å². The zero-order valence-electron chi connectivity index (χ0n) is 16.6. The van der Waals surface area contributed by atoms with Gasteiger partial charge in [0.1, 0.15) is 0 Å². The zero-order chi connectivity index (χ0) is 20.8. The summed E-state index contributed by atoms with van der Waals surface area (Å²) in [6.07, 6.45) is -0.00908. The number of rotatable bonds is 9. The minimum atomic E-state index is -0.636. The number of thiophene rings is 1. The van der Waals surface area contributed by atoms with Gasteiger partial charge < -0.3 is 23.4 Å². The van der Waals surface area contributed by atoms with E-state index in [9.17, 15) is 4.79 Å². The predicted octanol–water partition coefficient (Wildman–Crippen LogP) is 4.06. The molecule has 9 heteroatoms. The fraction of sp³-hybridized carbons (Fsp3) is 0.350. The quantitative estimate of drug-likeness (QED) is 0.480. The van der Waals surface area contributed by atoms with Gasteiger partial charge in [0.15, 0.2) is 17.6 Å². The maximum Gasteiger partial charge on any atom is 0.306 e. The molecule has 0 N–H and O–H groups in total. The van der Waals surface area contributed by atoms with Gasteiger partial charge in [-0.25, -0.2) is 0 Å². The summed E-state index contributed by atoms with van der Waals surface area (Å²) in [5.74, 6) is 1.88. The fourth-order valence-corrected chi connectivity index (χ4v) is 3.38. The number of carbonyl (C=O) groups excluding carboxylic acids is 1. The number of methoxy groups -OCH3 is 3. The Bertz CT molecular complexity index is 929. The van der Waals surface area contributed by atoms with Crippen LogP contribution in [0.3, 0.4) is 0 Å². The third-order valence-corrected chi connectivity index (χ3v) is 5.03. The van der Waals surface area contributed by atoms with Crippen molar-refractivity contribution in [3.8, 4) is 28.0 Å². The molecule has 0 saturated carbocycles. The van der Waals surface area contributed by atoms with E-state index in [-0.39, 0.29) is 18.3 Å². The second-order valence-corrected chi connectivity index (χ2v) is 7.04. The highest BCUT2D eigenvalue weighted by Gasteiger charge is 2.20. The molecule has 0 unspecified atom stereocenters. The van der Waals surface area contributed by atoms with Gasteiger partial charge in [-0.3, -0.25) is 4.79 Å². The lowest BCUT2D eigenvalue weighted by atomic mass is 10.1. The number of benzene rings is 1. The average Bonchev–Trinajstić information content (AvgIpc) is 3.42. The topological polar surface area (TPSA) is 92.9 Å². The molecule has 0 saturated heterocycles. The van der Waals surface area contributed by atoms with Crippen molar-refractivity contribution in [2.75, 3.05) is 21.3 Å². The van der Waals surface area contributed by atoms with Crippen molar-refractivity contribution < 1.29 is 28.2 Å². The fourth-order valence-electron chi connectivity index (χ4n) is 2.73. The molecule has 0 aliphatic rings. The first kappa shape index (κ1) is 20.7. The molecule has 1 atom stereocenters. The molecule has 2 aromatic heterocycles. The maximum atomic E-state index is 12.3. The van der Waals surface area contributed by atoms with E-state index in [0.29, 0.717) is 29.6 Å². The third-order valence-electron chi connectivity index (χ3n) is 4.17. The highest BCUT2D eigenvalue weighted by atomic mass is 32.1. The van der Waals surface area contributed by atoms with E-state index in [1.54, 1.807) is 28.3 Å². The van der Waals surface area contributed by atoms with Gasteiger partial charge in [-0.1, -0.05) is 6.07 Å². The summed E-state index contributed by atoms with van der Waals surface area (Å²) in [7, 11) is 4.64. The average molecular weight is 418 g/mol. The summed E-state index contributed by atoms with van der Waals surface area (Å²) in [4.78, 5) is 13.1. The maximum absolute atomic E-state index is 12.3. The Labute approximate surface area is 172 Å². The Morgan fingerprint density at radius 3 is 2.45 bits per heavy atom. The van der Waals surface area contributed by atoms with Crippen molar-refractivity contribution in [2.24, 2.45) is 0 Å². The number of hydrogen-bond donors (Lipinski definition) is 0. The SMILES string of the molecule is COc1cc(CCC(=O)O[C@@H](C)c2nnc(-c3cccs3)o2)cc(OC)c1OC. The molecule has 2 heterocycles. The van der Waals surface area contributed by atoms with E-state index in [1.807, 2.05) is 29.6 Å². The van der Waals surface area contributed by atoms with E-state index < -0.39 is 6.10 Å². The Morgan fingerprint density at radius 2 is 1.86 bits per heavy atom. The van der Waals surface area contributed by atoms with Gasteiger partial charge in [0.05, 0.1) is 26.2 Å². The highest BCUT2D eigenvalue weighted by molar-refractivity contribution is 7.13. The number of aryl methyl sites for hydroxylation is 1. The van der Waals surface area contributed by atoms with Crippen LogP contribution in [0, 0.1) is 0 Å². The van der Waals surface area contributed by atoms with Crippen LogP contribution in [-0.2, 0) is 16.0 Å². The summed E-state index contributed by atoms with van der Waals surface area (Å²) in [5.41, 5.74) is 0.863. The van der Waals surface area contributed by atoms with Crippen molar-refractivity contribution in [2.45, 2.75) is 25.9 Å². The van der Waals surface area contributed by atoms with Crippen LogP contribution >= 0.6 is 11.3 Å². The van der Waals surface area contributed by atoms with Crippen LogP contribution in [0.15, 0.2) is 34.1 Å². The normalized spacial score (nSPS) is 11.7. The summed E-state index contributed by atoms with van der Waals surface area (Å²) >= 11 is 1.50. The molecule has 0 bridgehead atoms. The Hall–Kier alpha value is -3.07. The van der Waals surface area contributed by atoms with Crippen LogP contribution in [0.1, 0.15) is 30.9 Å². The van der Waals surface area contributed by atoms with Gasteiger partial charge in [0.25, 0.3) is 11.8 Å². The first-order valence-corrected chi connectivity index (χ1v) is 9.79. The van der Waals surface area contributed by atoms with Crippen molar-refractivity contribution >= 4 is 17.3 Å². The molecule has 0 radical (unpaired) electrons. The molecule has 0 spiro atoms. The van der Waals surface area contributed by atoms with Crippen molar-refractivity contribution in [1.29, 1.82) is 0 Å². The van der Waals surface area contributed by atoms with E-state index in [1.165, 1.54) is 11.3 Å². The number of carbonyl (C=O) groups is 1. The van der Waals surface area contributed by atoms with Crippen LogP contribution in [0.2, 0.25) is 0 Å². The van der Waals surface area contributed by atoms with E-state index in [4.69, 9.17) is 23.4 Å². The summed E-state index contributed by atoms with van der Waals surface area (Å²) in [6.45, 7) is 1.70. The molecular formula is C20H22N2O6S. The van der Waals surface area contributed by atoms with Gasteiger partial charge >= 0.3 is 5.97 Å². The molecule has 29 heavy (non-hydrogen) atoms. The first-order chi connectivity index (χ1) is 14.0. The minimum absolute atomic E-state index is 0.175. The second-order valence-electron chi connectivity index (χ2n) is 6.09. The van der Waals surface area contributed by atoms with Crippen LogP contribution in [0.5, 0.6) is 17.2 Å². The monoisotopic (exact) mass is 418 g/mol. The molecule has 0 fully saturated rings. The van der Waals surface area contributed by atoms with E-state index in [2.05, 4.69) is 10.2 Å². The number of esters is 1. The predicted molar refractivity (Wildman–Crippen MR) is 107 cm³/mol. The molecule has 154 valence electrons. The lowest BCUT2D eigenvalue weighted by molar-refractivity contribution is -0.149. The van der Waals surface area contributed by atoms with Gasteiger partial charge in [-0.2, -0.15) is 0 Å². The second kappa shape index (κ2) is 9.42. The minimum Gasteiger partial charge on any atom is -0.493 e. The summed E-state index contributed by atoms with van der Waals surface area (Å²) < 4.78 is 27.0. The molecule has 0 aliphatic heterocycles. The number of aromatic nitrogens is 2. The van der Waals surface area contributed by atoms with Crippen LogP contribution in [0.25, 0.3) is 10.8 Å². The standard InChI is InChI=1S/C20H22N2O6S/c1-12(19-21-22-20(28-19)16-6-5-9-29-16)27-17(23)8-7-13-10-14(24-2)18(26-4)15(11-13)25-3/h5-6,9-12H,7-8H2,1-4H3/t12-/m0/s1. The van der Waals surface area contributed by atoms with Crippen molar-refractivity contribution in [1.82, 2.24) is 10.2 Å². The van der Waals surface area contributed by atoms with Crippen molar-refractivity contribution in [3.05, 3.63) is 41.1 Å².